The molecule has 0 amide bonds. The third-order valence-electron chi connectivity index (χ3n) is 3.31. The van der Waals surface area contributed by atoms with Crippen LogP contribution in [0.2, 0.25) is 0 Å². The van der Waals surface area contributed by atoms with E-state index < -0.39 is 0 Å². The lowest BCUT2D eigenvalue weighted by Gasteiger charge is -2.40. The quantitative estimate of drug-likeness (QED) is 0.650. The van der Waals surface area contributed by atoms with Crippen molar-refractivity contribution in [3.63, 3.8) is 0 Å². The Morgan fingerprint density at radius 3 is 2.60 bits per heavy atom. The van der Waals surface area contributed by atoms with Crippen molar-refractivity contribution >= 4 is 24.4 Å². The first kappa shape index (κ1) is 11.3. The average Bonchev–Trinajstić information content (AvgIpc) is 2.48. The SMILES string of the molecule is Cc1nnc(SCC2(CS)CCC2)n1C. The van der Waals surface area contributed by atoms with Gasteiger partial charge in [0.1, 0.15) is 5.82 Å². The number of thioether (sulfide) groups is 1. The first-order valence-corrected chi connectivity index (χ1v) is 6.88. The molecule has 0 saturated heterocycles. The number of aromatic nitrogens is 3. The lowest BCUT2D eigenvalue weighted by Crippen LogP contribution is -2.33. The monoisotopic (exact) mass is 243 g/mol. The molecular weight excluding hydrogens is 226 g/mol. The molecule has 15 heavy (non-hydrogen) atoms. The molecule has 0 aliphatic heterocycles. The zero-order valence-electron chi connectivity index (χ0n) is 9.23. The predicted molar refractivity (Wildman–Crippen MR) is 66.6 cm³/mol. The molecule has 5 heteroatoms. The molecule has 1 aliphatic carbocycles. The molecular formula is C10H17N3S2. The summed E-state index contributed by atoms with van der Waals surface area (Å²) in [5.74, 6) is 3.10. The second-order valence-corrected chi connectivity index (χ2v) is 5.65. The minimum Gasteiger partial charge on any atom is -0.309 e. The Morgan fingerprint density at radius 1 is 1.47 bits per heavy atom. The molecule has 0 bridgehead atoms. The van der Waals surface area contributed by atoms with Crippen LogP contribution in [0.3, 0.4) is 0 Å². The highest BCUT2D eigenvalue weighted by molar-refractivity contribution is 7.99. The van der Waals surface area contributed by atoms with Crippen molar-refractivity contribution in [1.29, 1.82) is 0 Å². The van der Waals surface area contributed by atoms with Gasteiger partial charge in [-0.2, -0.15) is 12.6 Å². The van der Waals surface area contributed by atoms with Crippen molar-refractivity contribution in [3.8, 4) is 0 Å². The highest BCUT2D eigenvalue weighted by atomic mass is 32.2. The maximum absolute atomic E-state index is 4.45. The Hall–Kier alpha value is -0.160. The summed E-state index contributed by atoms with van der Waals surface area (Å²) in [6.07, 6.45) is 4.00. The highest BCUT2D eigenvalue weighted by Crippen LogP contribution is 2.45. The van der Waals surface area contributed by atoms with Crippen LogP contribution in [0, 0.1) is 12.3 Å². The second kappa shape index (κ2) is 4.37. The average molecular weight is 243 g/mol. The molecule has 1 heterocycles. The molecule has 1 saturated carbocycles. The fraction of sp³-hybridized carbons (Fsp3) is 0.800. The molecule has 2 rings (SSSR count). The summed E-state index contributed by atoms with van der Waals surface area (Å²) < 4.78 is 2.05. The topological polar surface area (TPSA) is 30.7 Å². The van der Waals surface area contributed by atoms with Gasteiger partial charge in [0.25, 0.3) is 0 Å². The van der Waals surface area contributed by atoms with E-state index in [2.05, 4.69) is 27.4 Å². The molecule has 0 unspecified atom stereocenters. The van der Waals surface area contributed by atoms with Crippen molar-refractivity contribution in [3.05, 3.63) is 5.82 Å². The third kappa shape index (κ3) is 2.18. The number of thiol groups is 1. The number of aryl methyl sites for hydroxylation is 1. The van der Waals surface area contributed by atoms with E-state index in [0.717, 1.165) is 22.5 Å². The van der Waals surface area contributed by atoms with E-state index in [0.29, 0.717) is 5.41 Å². The van der Waals surface area contributed by atoms with Crippen molar-refractivity contribution in [2.75, 3.05) is 11.5 Å². The molecule has 3 nitrogen and oxygen atoms in total. The van der Waals surface area contributed by atoms with E-state index in [1.165, 1.54) is 19.3 Å². The predicted octanol–water partition coefficient (Wildman–Crippen LogP) is 2.32. The molecule has 1 aromatic heterocycles. The largest absolute Gasteiger partial charge is 0.309 e. The normalized spacial score (nSPS) is 18.9. The molecule has 1 fully saturated rings. The van der Waals surface area contributed by atoms with E-state index in [1.807, 2.05) is 25.7 Å². The van der Waals surface area contributed by atoms with E-state index in [9.17, 15) is 0 Å². The summed E-state index contributed by atoms with van der Waals surface area (Å²) in [7, 11) is 2.02. The van der Waals surface area contributed by atoms with Crippen LogP contribution in [-0.2, 0) is 7.05 Å². The van der Waals surface area contributed by atoms with Gasteiger partial charge in [-0.3, -0.25) is 0 Å². The second-order valence-electron chi connectivity index (χ2n) is 4.39. The minimum atomic E-state index is 0.466. The van der Waals surface area contributed by atoms with E-state index in [4.69, 9.17) is 0 Å². The van der Waals surface area contributed by atoms with Gasteiger partial charge in [0.2, 0.25) is 0 Å². The van der Waals surface area contributed by atoms with Crippen molar-refractivity contribution in [1.82, 2.24) is 14.8 Å². The molecule has 0 radical (unpaired) electrons. The zero-order chi connectivity index (χ0) is 10.9. The van der Waals surface area contributed by atoms with Crippen LogP contribution in [0.1, 0.15) is 25.1 Å². The van der Waals surface area contributed by atoms with Gasteiger partial charge in [-0.15, -0.1) is 10.2 Å². The summed E-state index contributed by atoms with van der Waals surface area (Å²) in [4.78, 5) is 0. The smallest absolute Gasteiger partial charge is 0.190 e. The Bertz CT molecular complexity index is 339. The van der Waals surface area contributed by atoms with Gasteiger partial charge in [0.05, 0.1) is 0 Å². The molecule has 84 valence electrons. The number of hydrogen-bond acceptors (Lipinski definition) is 4. The van der Waals surface area contributed by atoms with Gasteiger partial charge >= 0.3 is 0 Å². The van der Waals surface area contributed by atoms with Crippen LogP contribution in [0.5, 0.6) is 0 Å². The van der Waals surface area contributed by atoms with Crippen molar-refractivity contribution in [2.45, 2.75) is 31.3 Å². The summed E-state index contributed by atoms with van der Waals surface area (Å²) in [6, 6.07) is 0. The molecule has 1 aliphatic rings. The Morgan fingerprint density at radius 2 is 2.20 bits per heavy atom. The standard InChI is InChI=1S/C10H17N3S2/c1-8-11-12-9(13(8)2)15-7-10(6-14)4-3-5-10/h14H,3-7H2,1-2H3. The Kier molecular flexibility index (Phi) is 3.30. The number of rotatable bonds is 4. The summed E-state index contributed by atoms with van der Waals surface area (Å²) in [5, 5.41) is 9.25. The molecule has 0 atom stereocenters. The maximum atomic E-state index is 4.45. The van der Waals surface area contributed by atoms with Crippen LogP contribution in [-0.4, -0.2) is 26.3 Å². The van der Waals surface area contributed by atoms with Crippen molar-refractivity contribution in [2.24, 2.45) is 12.5 Å². The van der Waals surface area contributed by atoms with Gasteiger partial charge in [-0.1, -0.05) is 18.2 Å². The lowest BCUT2D eigenvalue weighted by atomic mass is 9.72. The fourth-order valence-corrected chi connectivity index (χ4v) is 3.59. The van der Waals surface area contributed by atoms with Gasteiger partial charge in [-0.25, -0.2) is 0 Å². The Labute approximate surface area is 100 Å². The van der Waals surface area contributed by atoms with E-state index >= 15 is 0 Å². The minimum absolute atomic E-state index is 0.466. The summed E-state index contributed by atoms with van der Waals surface area (Å²) in [5.41, 5.74) is 0.466. The Balaban J connectivity index is 1.95. The van der Waals surface area contributed by atoms with Crippen LogP contribution in [0.15, 0.2) is 5.16 Å². The first-order chi connectivity index (χ1) is 7.17. The number of nitrogens with zero attached hydrogens (tertiary/aromatic N) is 3. The van der Waals surface area contributed by atoms with Gasteiger partial charge in [0.15, 0.2) is 5.16 Å². The van der Waals surface area contributed by atoms with Gasteiger partial charge in [-0.05, 0) is 30.9 Å². The summed E-state index contributed by atoms with van der Waals surface area (Å²) >= 11 is 6.27. The third-order valence-corrected chi connectivity index (χ3v) is 5.35. The fourth-order valence-electron chi connectivity index (χ4n) is 1.76. The highest BCUT2D eigenvalue weighted by Gasteiger charge is 2.35. The van der Waals surface area contributed by atoms with E-state index in [1.54, 1.807) is 0 Å². The van der Waals surface area contributed by atoms with Crippen LogP contribution >= 0.6 is 24.4 Å². The maximum Gasteiger partial charge on any atom is 0.190 e. The van der Waals surface area contributed by atoms with Crippen LogP contribution in [0.25, 0.3) is 0 Å². The van der Waals surface area contributed by atoms with Crippen LogP contribution < -0.4 is 0 Å². The van der Waals surface area contributed by atoms with Gasteiger partial charge in [0, 0.05) is 12.8 Å². The number of hydrogen-bond donors (Lipinski definition) is 1. The van der Waals surface area contributed by atoms with Gasteiger partial charge < -0.3 is 4.57 Å². The van der Waals surface area contributed by atoms with Crippen LogP contribution in [0.4, 0.5) is 0 Å². The summed E-state index contributed by atoms with van der Waals surface area (Å²) in [6.45, 7) is 1.98. The first-order valence-electron chi connectivity index (χ1n) is 5.26. The molecule has 0 spiro atoms. The molecule has 0 aromatic carbocycles. The zero-order valence-corrected chi connectivity index (χ0v) is 10.9. The molecule has 0 N–H and O–H groups in total. The molecule has 1 aromatic rings. The van der Waals surface area contributed by atoms with Crippen molar-refractivity contribution < 1.29 is 0 Å². The van der Waals surface area contributed by atoms with E-state index in [-0.39, 0.29) is 0 Å². The lowest BCUT2D eigenvalue weighted by molar-refractivity contribution is 0.205.